The smallest absolute Gasteiger partial charge is 0.120 e. The van der Waals surface area contributed by atoms with Crippen LogP contribution in [0, 0.1) is 11.3 Å². The number of hydrogen-bond acceptors (Lipinski definition) is 4. The van der Waals surface area contributed by atoms with Crippen LogP contribution in [0.4, 0.5) is 5.69 Å². The molecule has 0 aliphatic rings. The summed E-state index contributed by atoms with van der Waals surface area (Å²) in [5, 5.41) is 8.78. The lowest BCUT2D eigenvalue weighted by Crippen LogP contribution is -2.11. The molecule has 0 heterocycles. The first-order valence-corrected chi connectivity index (χ1v) is 5.17. The molecule has 2 N–H and O–H groups in total. The molecule has 0 saturated heterocycles. The van der Waals surface area contributed by atoms with Gasteiger partial charge in [0, 0.05) is 5.69 Å². The zero-order valence-electron chi connectivity index (χ0n) is 9.56. The molecule has 0 amide bonds. The number of ether oxygens (including phenoxy) is 2. The Morgan fingerprint density at radius 3 is 2.75 bits per heavy atom. The molecular weight excluding hydrogens is 204 g/mol. The topological polar surface area (TPSA) is 68.3 Å². The van der Waals surface area contributed by atoms with Gasteiger partial charge in [-0.05, 0) is 32.0 Å². The molecule has 0 aliphatic carbocycles. The summed E-state index contributed by atoms with van der Waals surface area (Å²) in [7, 11) is 0. The number of benzene rings is 1. The molecular formula is C12H16N2O2. The number of anilines is 1. The van der Waals surface area contributed by atoms with Crippen molar-refractivity contribution in [1.82, 2.24) is 0 Å². The molecule has 1 rings (SSSR count). The molecule has 0 aliphatic heterocycles. The minimum atomic E-state index is 0.199. The number of hydrogen-bond donors (Lipinski definition) is 1. The van der Waals surface area contributed by atoms with Crippen LogP contribution in [-0.4, -0.2) is 19.3 Å². The van der Waals surface area contributed by atoms with Gasteiger partial charge in [-0.25, -0.2) is 0 Å². The van der Waals surface area contributed by atoms with E-state index in [1.807, 2.05) is 19.9 Å². The van der Waals surface area contributed by atoms with E-state index in [1.165, 1.54) is 0 Å². The first-order chi connectivity index (χ1) is 7.63. The second kappa shape index (κ2) is 5.99. The van der Waals surface area contributed by atoms with Crippen LogP contribution in [0.3, 0.4) is 0 Å². The highest BCUT2D eigenvalue weighted by Crippen LogP contribution is 2.18. The Labute approximate surface area is 95.6 Å². The number of nitrogens with zero attached hydrogens (tertiary/aromatic N) is 1. The van der Waals surface area contributed by atoms with Crippen molar-refractivity contribution in [2.45, 2.75) is 20.0 Å². The van der Waals surface area contributed by atoms with Crippen molar-refractivity contribution in [1.29, 1.82) is 5.26 Å². The summed E-state index contributed by atoms with van der Waals surface area (Å²) in [5.41, 5.74) is 6.49. The Hall–Kier alpha value is -1.73. The van der Waals surface area contributed by atoms with E-state index >= 15 is 0 Å². The number of nitrogen functional groups attached to an aromatic ring is 1. The van der Waals surface area contributed by atoms with Crippen LogP contribution in [0.1, 0.15) is 19.4 Å². The average Bonchev–Trinajstić information content (AvgIpc) is 2.26. The van der Waals surface area contributed by atoms with E-state index in [-0.39, 0.29) is 6.10 Å². The quantitative estimate of drug-likeness (QED) is 0.608. The third-order valence-corrected chi connectivity index (χ3v) is 1.95. The largest absolute Gasteiger partial charge is 0.491 e. The van der Waals surface area contributed by atoms with Gasteiger partial charge < -0.3 is 15.2 Å². The molecule has 86 valence electrons. The summed E-state index contributed by atoms with van der Waals surface area (Å²) in [6.45, 7) is 4.94. The lowest BCUT2D eigenvalue weighted by atomic mass is 10.2. The van der Waals surface area contributed by atoms with Gasteiger partial charge in [0.05, 0.1) is 18.3 Å². The molecule has 0 fully saturated rings. The Kier molecular flexibility index (Phi) is 4.62. The van der Waals surface area contributed by atoms with Crippen molar-refractivity contribution < 1.29 is 9.47 Å². The van der Waals surface area contributed by atoms with Crippen molar-refractivity contribution in [3.05, 3.63) is 23.8 Å². The predicted molar refractivity (Wildman–Crippen MR) is 62.2 cm³/mol. The standard InChI is InChI=1S/C12H16N2O2/c1-9(2)15-5-6-16-11-3-4-12(14)10(7-11)8-13/h3-4,7,9H,5-6,14H2,1-2H3. The van der Waals surface area contributed by atoms with Crippen LogP contribution in [0.15, 0.2) is 18.2 Å². The van der Waals surface area contributed by atoms with Gasteiger partial charge in [0.2, 0.25) is 0 Å². The van der Waals surface area contributed by atoms with Crippen LogP contribution in [-0.2, 0) is 4.74 Å². The lowest BCUT2D eigenvalue weighted by Gasteiger charge is -2.09. The molecule has 16 heavy (non-hydrogen) atoms. The predicted octanol–water partition coefficient (Wildman–Crippen LogP) is 1.94. The van der Waals surface area contributed by atoms with E-state index in [4.69, 9.17) is 20.5 Å². The summed E-state index contributed by atoms with van der Waals surface area (Å²) in [5.74, 6) is 0.637. The molecule has 0 radical (unpaired) electrons. The highest BCUT2D eigenvalue weighted by atomic mass is 16.5. The van der Waals surface area contributed by atoms with Gasteiger partial charge in [-0.3, -0.25) is 0 Å². The van der Waals surface area contributed by atoms with Gasteiger partial charge in [-0.1, -0.05) is 0 Å². The van der Waals surface area contributed by atoms with E-state index in [9.17, 15) is 0 Å². The molecule has 0 spiro atoms. The van der Waals surface area contributed by atoms with Crippen molar-refractivity contribution in [3.8, 4) is 11.8 Å². The van der Waals surface area contributed by atoms with Crippen molar-refractivity contribution in [2.75, 3.05) is 18.9 Å². The minimum Gasteiger partial charge on any atom is -0.491 e. The average molecular weight is 220 g/mol. The summed E-state index contributed by atoms with van der Waals surface area (Å²) >= 11 is 0. The maximum absolute atomic E-state index is 8.78. The van der Waals surface area contributed by atoms with Crippen molar-refractivity contribution in [3.63, 3.8) is 0 Å². The second-order valence-corrected chi connectivity index (χ2v) is 3.63. The molecule has 0 saturated carbocycles. The monoisotopic (exact) mass is 220 g/mol. The SMILES string of the molecule is CC(C)OCCOc1ccc(N)c(C#N)c1. The van der Waals surface area contributed by atoms with E-state index in [0.29, 0.717) is 30.2 Å². The molecule has 4 heteroatoms. The number of nitriles is 1. The van der Waals surface area contributed by atoms with Crippen LogP contribution < -0.4 is 10.5 Å². The van der Waals surface area contributed by atoms with Crippen molar-refractivity contribution in [2.24, 2.45) is 0 Å². The zero-order valence-corrected chi connectivity index (χ0v) is 9.56. The normalized spacial score (nSPS) is 10.1. The molecule has 1 aromatic carbocycles. The van der Waals surface area contributed by atoms with Gasteiger partial charge in [0.25, 0.3) is 0 Å². The highest BCUT2D eigenvalue weighted by Gasteiger charge is 2.01. The van der Waals surface area contributed by atoms with Gasteiger partial charge in [0.1, 0.15) is 18.4 Å². The Balaban J connectivity index is 2.46. The van der Waals surface area contributed by atoms with Gasteiger partial charge in [0.15, 0.2) is 0 Å². The van der Waals surface area contributed by atoms with E-state index in [1.54, 1.807) is 18.2 Å². The molecule has 0 atom stereocenters. The fourth-order valence-electron chi connectivity index (χ4n) is 1.17. The van der Waals surface area contributed by atoms with E-state index < -0.39 is 0 Å². The van der Waals surface area contributed by atoms with Crippen molar-refractivity contribution >= 4 is 5.69 Å². The summed E-state index contributed by atoms with van der Waals surface area (Å²) < 4.78 is 10.8. The minimum absolute atomic E-state index is 0.199. The number of nitrogens with two attached hydrogens (primary N) is 1. The fraction of sp³-hybridized carbons (Fsp3) is 0.417. The summed E-state index contributed by atoms with van der Waals surface area (Å²) in [6.07, 6.45) is 0.199. The van der Waals surface area contributed by atoms with Gasteiger partial charge in [-0.15, -0.1) is 0 Å². The summed E-state index contributed by atoms with van der Waals surface area (Å²) in [4.78, 5) is 0. The maximum Gasteiger partial charge on any atom is 0.120 e. The Morgan fingerprint density at radius 2 is 2.12 bits per heavy atom. The van der Waals surface area contributed by atoms with Crippen LogP contribution in [0.25, 0.3) is 0 Å². The lowest BCUT2D eigenvalue weighted by molar-refractivity contribution is 0.0553. The highest BCUT2D eigenvalue weighted by molar-refractivity contribution is 5.56. The molecule has 0 aromatic heterocycles. The molecule has 4 nitrogen and oxygen atoms in total. The zero-order chi connectivity index (χ0) is 12.0. The third-order valence-electron chi connectivity index (χ3n) is 1.95. The second-order valence-electron chi connectivity index (χ2n) is 3.63. The number of rotatable bonds is 5. The van der Waals surface area contributed by atoms with Crippen LogP contribution in [0.2, 0.25) is 0 Å². The molecule has 0 unspecified atom stereocenters. The Morgan fingerprint density at radius 1 is 1.38 bits per heavy atom. The summed E-state index contributed by atoms with van der Waals surface area (Å²) in [6, 6.07) is 7.04. The Bertz CT molecular complexity index is 383. The fourth-order valence-corrected chi connectivity index (χ4v) is 1.17. The van der Waals surface area contributed by atoms with Gasteiger partial charge >= 0.3 is 0 Å². The van der Waals surface area contributed by atoms with E-state index in [2.05, 4.69) is 0 Å². The van der Waals surface area contributed by atoms with Crippen LogP contribution in [0.5, 0.6) is 5.75 Å². The molecule has 0 bridgehead atoms. The maximum atomic E-state index is 8.78. The van der Waals surface area contributed by atoms with E-state index in [0.717, 1.165) is 0 Å². The molecule has 1 aromatic rings. The van der Waals surface area contributed by atoms with Gasteiger partial charge in [-0.2, -0.15) is 5.26 Å². The van der Waals surface area contributed by atoms with Crippen LogP contribution >= 0.6 is 0 Å². The third kappa shape index (κ3) is 3.79. The first kappa shape index (κ1) is 12.3. The first-order valence-electron chi connectivity index (χ1n) is 5.17.